The number of hydrogen-bond donors (Lipinski definition) is 0. The average molecular weight is 690 g/mol. The highest BCUT2D eigenvalue weighted by atomic mass is 32.1. The van der Waals surface area contributed by atoms with Crippen molar-refractivity contribution in [2.75, 3.05) is 4.90 Å². The lowest BCUT2D eigenvalue weighted by Crippen LogP contribution is -2.09. The second kappa shape index (κ2) is 11.0. The lowest BCUT2D eigenvalue weighted by Gasteiger charge is -2.26. The van der Waals surface area contributed by atoms with Crippen molar-refractivity contribution in [1.82, 2.24) is 0 Å². The predicted octanol–water partition coefficient (Wildman–Crippen LogP) is 15.1. The van der Waals surface area contributed by atoms with Gasteiger partial charge in [-0.25, -0.2) is 0 Å². The van der Waals surface area contributed by atoms with E-state index in [1.165, 1.54) is 82.4 Å². The summed E-state index contributed by atoms with van der Waals surface area (Å²) < 4.78 is 6.58. The van der Waals surface area contributed by atoms with Crippen molar-refractivity contribution in [1.29, 1.82) is 0 Å². The molecule has 0 spiro atoms. The zero-order valence-corrected chi connectivity index (χ0v) is 29.2. The summed E-state index contributed by atoms with van der Waals surface area (Å²) in [5, 5.41) is 11.9. The Balaban J connectivity index is 1.09. The van der Waals surface area contributed by atoms with Crippen molar-refractivity contribution < 1.29 is 0 Å². The minimum atomic E-state index is 1.15. The molecule has 0 aliphatic heterocycles. The SMILES string of the molecule is c1ccc2sc(-c3ccc(N(c4ccc5c(c4)sc4ccc6ccccc6c45)c4ccc5c(c4)sc4ccc6ccccc6c45)cc3)cc2c1. The zero-order valence-electron chi connectivity index (χ0n) is 26.8. The molecule has 234 valence electrons. The van der Waals surface area contributed by atoms with Crippen LogP contribution in [0.5, 0.6) is 0 Å². The standard InChI is InChI=1S/C46H27NS3/c1-4-10-35-28(7-1)15-23-40-45(35)37-21-19-33(26-43(37)49-40)47(32-17-13-30(14-18-32)42-25-31-9-3-6-12-39(31)48-42)34-20-22-38-44(27-34)50-41-24-16-29-8-2-5-11-36(29)46(38)41/h1-27H. The first-order valence-corrected chi connectivity index (χ1v) is 19.3. The summed E-state index contributed by atoms with van der Waals surface area (Å²) in [7, 11) is 0. The fourth-order valence-corrected chi connectivity index (χ4v) is 11.1. The van der Waals surface area contributed by atoms with Crippen molar-refractivity contribution in [3.05, 3.63) is 164 Å². The normalized spacial score (nSPS) is 12.0. The van der Waals surface area contributed by atoms with Crippen LogP contribution in [0.15, 0.2) is 164 Å². The number of rotatable bonds is 4. The third-order valence-electron chi connectivity index (χ3n) is 10.0. The maximum atomic E-state index is 2.43. The highest BCUT2D eigenvalue weighted by Gasteiger charge is 2.18. The van der Waals surface area contributed by atoms with E-state index in [1.807, 2.05) is 34.0 Å². The number of anilines is 3. The van der Waals surface area contributed by atoms with Gasteiger partial charge in [-0.3, -0.25) is 0 Å². The van der Waals surface area contributed by atoms with Crippen LogP contribution in [0.3, 0.4) is 0 Å². The molecule has 11 aromatic rings. The highest BCUT2D eigenvalue weighted by Crippen LogP contribution is 2.46. The van der Waals surface area contributed by atoms with Gasteiger partial charge < -0.3 is 4.90 Å². The van der Waals surface area contributed by atoms with Gasteiger partial charge in [0.15, 0.2) is 0 Å². The van der Waals surface area contributed by atoms with Gasteiger partial charge in [0.05, 0.1) is 0 Å². The number of hydrogen-bond acceptors (Lipinski definition) is 4. The lowest BCUT2D eigenvalue weighted by atomic mass is 10.0. The Bertz CT molecular complexity index is 2920. The third kappa shape index (κ3) is 4.36. The fraction of sp³-hybridized carbons (Fsp3) is 0. The Kier molecular flexibility index (Phi) is 6.23. The van der Waals surface area contributed by atoms with Crippen LogP contribution in [0.25, 0.3) is 82.4 Å². The predicted molar refractivity (Wildman–Crippen MR) is 223 cm³/mol. The van der Waals surface area contributed by atoms with Gasteiger partial charge in [-0.05, 0) is 93.2 Å². The summed E-state index contributed by atoms with van der Waals surface area (Å²) in [4.78, 5) is 3.72. The number of nitrogens with zero attached hydrogens (tertiary/aromatic N) is 1. The summed E-state index contributed by atoms with van der Waals surface area (Å²) in [6, 6.07) is 60.7. The molecule has 0 unspecified atom stereocenters. The van der Waals surface area contributed by atoms with Crippen molar-refractivity contribution in [3.8, 4) is 10.4 Å². The lowest BCUT2D eigenvalue weighted by molar-refractivity contribution is 1.30. The first-order chi connectivity index (χ1) is 24.7. The van der Waals surface area contributed by atoms with E-state index in [1.54, 1.807) is 0 Å². The van der Waals surface area contributed by atoms with Crippen LogP contribution >= 0.6 is 34.0 Å². The molecule has 3 aromatic heterocycles. The molecular weight excluding hydrogens is 663 g/mol. The Morgan fingerprint density at radius 3 is 1.42 bits per heavy atom. The maximum Gasteiger partial charge on any atom is 0.0476 e. The topological polar surface area (TPSA) is 3.24 Å². The second-order valence-corrected chi connectivity index (χ2v) is 16.2. The van der Waals surface area contributed by atoms with Gasteiger partial charge in [0.25, 0.3) is 0 Å². The molecule has 11 rings (SSSR count). The molecule has 0 saturated heterocycles. The van der Waals surface area contributed by atoms with Crippen molar-refractivity contribution >= 4 is 123 Å². The molecule has 8 aromatic carbocycles. The van der Waals surface area contributed by atoms with E-state index in [9.17, 15) is 0 Å². The van der Waals surface area contributed by atoms with E-state index in [0.717, 1.165) is 17.1 Å². The third-order valence-corrected chi connectivity index (χ3v) is 13.4. The summed E-state index contributed by atoms with van der Waals surface area (Å²) in [6.45, 7) is 0. The molecule has 3 heterocycles. The molecule has 1 nitrogen and oxygen atoms in total. The minimum Gasteiger partial charge on any atom is -0.310 e. The van der Waals surface area contributed by atoms with Crippen molar-refractivity contribution in [3.63, 3.8) is 0 Å². The van der Waals surface area contributed by atoms with Crippen LogP contribution in [0.1, 0.15) is 0 Å². The van der Waals surface area contributed by atoms with Crippen LogP contribution in [0.4, 0.5) is 17.1 Å². The number of fused-ring (bicyclic) bond motifs is 11. The van der Waals surface area contributed by atoms with Crippen LogP contribution in [0, 0.1) is 0 Å². The molecule has 0 bridgehead atoms. The zero-order chi connectivity index (χ0) is 32.8. The molecule has 0 aliphatic rings. The molecule has 4 heteroatoms. The van der Waals surface area contributed by atoms with E-state index in [2.05, 4.69) is 169 Å². The maximum absolute atomic E-state index is 2.43. The smallest absolute Gasteiger partial charge is 0.0476 e. The minimum absolute atomic E-state index is 1.15. The van der Waals surface area contributed by atoms with E-state index in [4.69, 9.17) is 0 Å². The molecule has 0 aliphatic carbocycles. The molecule has 0 atom stereocenters. The van der Waals surface area contributed by atoms with E-state index < -0.39 is 0 Å². The Labute approximate surface area is 300 Å². The highest BCUT2D eigenvalue weighted by molar-refractivity contribution is 7.26. The van der Waals surface area contributed by atoms with Crippen LogP contribution < -0.4 is 4.90 Å². The molecule has 0 fully saturated rings. The summed E-state index contributed by atoms with van der Waals surface area (Å²) in [6.07, 6.45) is 0. The molecule has 0 saturated carbocycles. The van der Waals surface area contributed by atoms with Crippen LogP contribution in [-0.2, 0) is 0 Å². The van der Waals surface area contributed by atoms with Gasteiger partial charge in [0.2, 0.25) is 0 Å². The Hall–Kier alpha value is -5.52. The number of benzene rings is 8. The van der Waals surface area contributed by atoms with Gasteiger partial charge in [-0.15, -0.1) is 34.0 Å². The van der Waals surface area contributed by atoms with Gasteiger partial charge in [-0.2, -0.15) is 0 Å². The van der Waals surface area contributed by atoms with Gasteiger partial charge >= 0.3 is 0 Å². The summed E-state index contributed by atoms with van der Waals surface area (Å²) in [5.41, 5.74) is 4.71. The molecule has 50 heavy (non-hydrogen) atoms. The first kappa shape index (κ1) is 28.3. The van der Waals surface area contributed by atoms with Crippen LogP contribution in [0.2, 0.25) is 0 Å². The van der Waals surface area contributed by atoms with Gasteiger partial charge in [0, 0.05) is 67.0 Å². The van der Waals surface area contributed by atoms with Crippen molar-refractivity contribution in [2.24, 2.45) is 0 Å². The monoisotopic (exact) mass is 689 g/mol. The molecule has 0 amide bonds. The molecular formula is C46H27NS3. The quantitative estimate of drug-likeness (QED) is 0.178. The Morgan fingerprint density at radius 2 is 0.840 bits per heavy atom. The molecule has 0 radical (unpaired) electrons. The van der Waals surface area contributed by atoms with E-state index >= 15 is 0 Å². The number of thiophene rings is 3. The van der Waals surface area contributed by atoms with E-state index in [-0.39, 0.29) is 0 Å². The summed E-state index contributed by atoms with van der Waals surface area (Å²) >= 11 is 5.62. The summed E-state index contributed by atoms with van der Waals surface area (Å²) in [5.74, 6) is 0. The largest absolute Gasteiger partial charge is 0.310 e. The average Bonchev–Trinajstić information content (AvgIpc) is 3.88. The molecule has 0 N–H and O–H groups in total. The Morgan fingerprint density at radius 1 is 0.320 bits per heavy atom. The van der Waals surface area contributed by atoms with Gasteiger partial charge in [0.1, 0.15) is 0 Å². The van der Waals surface area contributed by atoms with Crippen molar-refractivity contribution in [2.45, 2.75) is 0 Å². The fourth-order valence-electron chi connectivity index (χ4n) is 7.69. The van der Waals surface area contributed by atoms with E-state index in [0.29, 0.717) is 0 Å². The second-order valence-electron chi connectivity index (χ2n) is 12.9. The first-order valence-electron chi connectivity index (χ1n) is 16.8. The van der Waals surface area contributed by atoms with Gasteiger partial charge in [-0.1, -0.05) is 103 Å². The van der Waals surface area contributed by atoms with Crippen LogP contribution in [-0.4, -0.2) is 0 Å².